The molecule has 118 valence electrons. The fourth-order valence-corrected chi connectivity index (χ4v) is 2.05. The lowest BCUT2D eigenvalue weighted by Crippen LogP contribution is -2.29. The number of nitro groups is 1. The molecule has 0 saturated carbocycles. The largest absolute Gasteiger partial charge is 0.395 e. The van der Waals surface area contributed by atoms with E-state index in [0.29, 0.717) is 31.9 Å². The Morgan fingerprint density at radius 3 is 2.48 bits per heavy atom. The molecule has 0 atom stereocenters. The van der Waals surface area contributed by atoms with E-state index in [1.54, 1.807) is 12.1 Å². The Morgan fingerprint density at radius 2 is 1.95 bits per heavy atom. The van der Waals surface area contributed by atoms with Crippen LogP contribution in [-0.2, 0) is 6.54 Å². The molecule has 3 N–H and O–H groups in total. The molecule has 0 unspecified atom stereocenters. The van der Waals surface area contributed by atoms with Crippen LogP contribution in [-0.4, -0.2) is 52.9 Å². The van der Waals surface area contributed by atoms with Crippen LogP contribution in [0.5, 0.6) is 0 Å². The topological polar surface area (TPSA) is 98.9 Å². The molecule has 1 aromatic carbocycles. The van der Waals surface area contributed by atoms with Gasteiger partial charge >= 0.3 is 0 Å². The zero-order chi connectivity index (χ0) is 15.7. The first kappa shape index (κ1) is 17.4. The highest BCUT2D eigenvalue weighted by molar-refractivity contribution is 5.62. The maximum absolute atomic E-state index is 11.0. The van der Waals surface area contributed by atoms with Crippen molar-refractivity contribution in [2.45, 2.75) is 19.9 Å². The van der Waals surface area contributed by atoms with Gasteiger partial charge in [0.25, 0.3) is 5.69 Å². The molecule has 0 amide bonds. The van der Waals surface area contributed by atoms with Crippen molar-refractivity contribution in [3.05, 3.63) is 33.9 Å². The third-order valence-corrected chi connectivity index (χ3v) is 3.06. The lowest BCUT2D eigenvalue weighted by molar-refractivity contribution is -0.384. The SMILES string of the molecule is CCCNc1cc(CN(CCO)CCO)ccc1[N+](=O)[O-]. The Bertz CT molecular complexity index is 448. The first-order valence-corrected chi connectivity index (χ1v) is 7.07. The second kappa shape index (κ2) is 9.28. The molecule has 21 heavy (non-hydrogen) atoms. The summed E-state index contributed by atoms with van der Waals surface area (Å²) >= 11 is 0. The van der Waals surface area contributed by atoms with Crippen molar-refractivity contribution in [3.8, 4) is 0 Å². The molecule has 0 spiro atoms. The lowest BCUT2D eigenvalue weighted by Gasteiger charge is -2.20. The molecule has 7 heteroatoms. The van der Waals surface area contributed by atoms with Crippen molar-refractivity contribution in [1.29, 1.82) is 0 Å². The van der Waals surface area contributed by atoms with Gasteiger partial charge in [-0.1, -0.05) is 13.0 Å². The maximum atomic E-state index is 11.0. The third-order valence-electron chi connectivity index (χ3n) is 3.06. The number of benzene rings is 1. The number of rotatable bonds is 10. The van der Waals surface area contributed by atoms with Crippen LogP contribution in [0, 0.1) is 10.1 Å². The summed E-state index contributed by atoms with van der Waals surface area (Å²) in [4.78, 5) is 12.5. The average molecular weight is 297 g/mol. The highest BCUT2D eigenvalue weighted by Crippen LogP contribution is 2.26. The van der Waals surface area contributed by atoms with Gasteiger partial charge in [0.15, 0.2) is 0 Å². The van der Waals surface area contributed by atoms with Gasteiger partial charge in [-0.2, -0.15) is 0 Å². The summed E-state index contributed by atoms with van der Waals surface area (Å²) in [5.41, 5.74) is 1.47. The Kier molecular flexibility index (Phi) is 7.66. The van der Waals surface area contributed by atoms with E-state index in [0.717, 1.165) is 12.0 Å². The molecule has 1 rings (SSSR count). The van der Waals surface area contributed by atoms with E-state index in [1.807, 2.05) is 11.8 Å². The highest BCUT2D eigenvalue weighted by Gasteiger charge is 2.14. The summed E-state index contributed by atoms with van der Waals surface area (Å²) in [5.74, 6) is 0. The number of nitrogens with one attached hydrogen (secondary N) is 1. The van der Waals surface area contributed by atoms with Crippen molar-refractivity contribution >= 4 is 11.4 Å². The number of nitro benzene ring substituents is 1. The van der Waals surface area contributed by atoms with Crippen LogP contribution in [0.4, 0.5) is 11.4 Å². The maximum Gasteiger partial charge on any atom is 0.292 e. The van der Waals surface area contributed by atoms with Crippen LogP contribution >= 0.6 is 0 Å². The fourth-order valence-electron chi connectivity index (χ4n) is 2.05. The monoisotopic (exact) mass is 297 g/mol. The van der Waals surface area contributed by atoms with E-state index >= 15 is 0 Å². The average Bonchev–Trinajstić information content (AvgIpc) is 2.45. The molecule has 0 aromatic heterocycles. The summed E-state index contributed by atoms with van der Waals surface area (Å²) in [6, 6.07) is 4.95. The standard InChI is InChI=1S/C14H23N3O4/c1-2-5-15-13-10-12(3-4-14(13)17(20)21)11-16(6-8-18)7-9-19/h3-4,10,15,18-19H,2,5-9,11H2,1H3. The Morgan fingerprint density at radius 1 is 1.29 bits per heavy atom. The minimum absolute atomic E-state index is 0.00786. The van der Waals surface area contributed by atoms with Crippen LogP contribution in [0.15, 0.2) is 18.2 Å². The first-order chi connectivity index (χ1) is 10.1. The van der Waals surface area contributed by atoms with E-state index in [2.05, 4.69) is 5.32 Å². The number of hydrogen-bond donors (Lipinski definition) is 3. The molecule has 7 nitrogen and oxygen atoms in total. The second-order valence-corrected chi connectivity index (χ2v) is 4.76. The minimum atomic E-state index is -0.402. The van der Waals surface area contributed by atoms with Crippen LogP contribution in [0.2, 0.25) is 0 Å². The molecule has 1 aromatic rings. The zero-order valence-corrected chi connectivity index (χ0v) is 12.3. The van der Waals surface area contributed by atoms with Gasteiger partial charge in [0.1, 0.15) is 5.69 Å². The predicted octanol–water partition coefficient (Wildman–Crippen LogP) is 1.20. The number of nitrogens with zero attached hydrogens (tertiary/aromatic N) is 2. The van der Waals surface area contributed by atoms with Gasteiger partial charge < -0.3 is 15.5 Å². The molecule has 0 radical (unpaired) electrons. The van der Waals surface area contributed by atoms with Crippen LogP contribution in [0.3, 0.4) is 0 Å². The molecule has 0 aliphatic carbocycles. The van der Waals surface area contributed by atoms with Crippen molar-refractivity contribution in [2.75, 3.05) is 38.2 Å². The number of aliphatic hydroxyl groups is 2. The van der Waals surface area contributed by atoms with Gasteiger partial charge in [-0.05, 0) is 18.1 Å². The summed E-state index contributed by atoms with van der Waals surface area (Å²) in [7, 11) is 0. The van der Waals surface area contributed by atoms with E-state index in [4.69, 9.17) is 10.2 Å². The van der Waals surface area contributed by atoms with Crippen LogP contribution < -0.4 is 5.32 Å². The molecular formula is C14H23N3O4. The van der Waals surface area contributed by atoms with Crippen molar-refractivity contribution in [3.63, 3.8) is 0 Å². The Labute approximate surface area is 124 Å². The van der Waals surface area contributed by atoms with Gasteiger partial charge in [-0.3, -0.25) is 15.0 Å². The summed E-state index contributed by atoms with van der Waals surface area (Å²) in [6.45, 7) is 4.11. The van der Waals surface area contributed by atoms with Gasteiger partial charge in [0.2, 0.25) is 0 Å². The van der Waals surface area contributed by atoms with Gasteiger partial charge in [-0.15, -0.1) is 0 Å². The Hall–Kier alpha value is -1.70. The summed E-state index contributed by atoms with van der Waals surface area (Å²) in [5, 5.41) is 32.1. The number of anilines is 1. The van der Waals surface area contributed by atoms with E-state index < -0.39 is 4.92 Å². The lowest BCUT2D eigenvalue weighted by atomic mass is 10.1. The number of hydrogen-bond acceptors (Lipinski definition) is 6. The molecule has 0 heterocycles. The molecule has 0 saturated heterocycles. The predicted molar refractivity (Wildman–Crippen MR) is 81.3 cm³/mol. The smallest absolute Gasteiger partial charge is 0.292 e. The van der Waals surface area contributed by atoms with Crippen molar-refractivity contribution in [1.82, 2.24) is 4.90 Å². The third kappa shape index (κ3) is 5.66. The minimum Gasteiger partial charge on any atom is -0.395 e. The fraction of sp³-hybridized carbons (Fsp3) is 0.571. The van der Waals surface area contributed by atoms with Crippen LogP contribution in [0.25, 0.3) is 0 Å². The van der Waals surface area contributed by atoms with E-state index in [-0.39, 0.29) is 18.9 Å². The van der Waals surface area contributed by atoms with Crippen molar-refractivity contribution < 1.29 is 15.1 Å². The van der Waals surface area contributed by atoms with E-state index in [9.17, 15) is 10.1 Å². The quantitative estimate of drug-likeness (QED) is 0.443. The Balaban J connectivity index is 2.89. The normalized spacial score (nSPS) is 10.9. The molecule has 0 aliphatic rings. The molecule has 0 fully saturated rings. The van der Waals surface area contributed by atoms with Crippen LogP contribution in [0.1, 0.15) is 18.9 Å². The zero-order valence-electron chi connectivity index (χ0n) is 12.3. The second-order valence-electron chi connectivity index (χ2n) is 4.76. The van der Waals surface area contributed by atoms with Crippen molar-refractivity contribution in [2.24, 2.45) is 0 Å². The highest BCUT2D eigenvalue weighted by atomic mass is 16.6. The summed E-state index contributed by atoms with van der Waals surface area (Å²) in [6.07, 6.45) is 0.878. The number of aliphatic hydroxyl groups excluding tert-OH is 2. The first-order valence-electron chi connectivity index (χ1n) is 7.07. The van der Waals surface area contributed by atoms with E-state index in [1.165, 1.54) is 6.07 Å². The van der Waals surface area contributed by atoms with Gasteiger partial charge in [0.05, 0.1) is 18.1 Å². The van der Waals surface area contributed by atoms with Gasteiger partial charge in [-0.25, -0.2) is 0 Å². The molecular weight excluding hydrogens is 274 g/mol. The molecule has 0 aliphatic heterocycles. The summed E-state index contributed by atoms with van der Waals surface area (Å²) < 4.78 is 0. The van der Waals surface area contributed by atoms with Gasteiger partial charge in [0, 0.05) is 32.2 Å². The molecule has 0 bridgehead atoms.